The molecular formula is C11H11NO3. The average Bonchev–Trinajstić information content (AvgIpc) is 2.93. The number of nitrogens with zero attached hydrogens (tertiary/aromatic N) is 1. The SMILES string of the molecule is O=C(O)c1cc(C2CC3C=CC2C3)no1. The van der Waals surface area contributed by atoms with Crippen LogP contribution in [0.4, 0.5) is 0 Å². The number of fused-ring (bicyclic) bond motifs is 2. The van der Waals surface area contributed by atoms with Gasteiger partial charge in [0.1, 0.15) is 0 Å². The third-order valence-corrected chi connectivity index (χ3v) is 3.40. The van der Waals surface area contributed by atoms with Gasteiger partial charge >= 0.3 is 5.97 Å². The Labute approximate surface area is 86.6 Å². The fourth-order valence-electron chi connectivity index (χ4n) is 2.69. The van der Waals surface area contributed by atoms with Crippen molar-refractivity contribution in [3.63, 3.8) is 0 Å². The Morgan fingerprint density at radius 2 is 2.33 bits per heavy atom. The molecule has 15 heavy (non-hydrogen) atoms. The van der Waals surface area contributed by atoms with Crippen molar-refractivity contribution in [2.75, 3.05) is 0 Å². The number of carboxylic acids is 1. The number of carboxylic acid groups (broad SMARTS) is 1. The molecule has 1 heterocycles. The fourth-order valence-corrected chi connectivity index (χ4v) is 2.69. The zero-order chi connectivity index (χ0) is 10.4. The summed E-state index contributed by atoms with van der Waals surface area (Å²) in [4.78, 5) is 10.6. The second kappa shape index (κ2) is 2.95. The Morgan fingerprint density at radius 1 is 1.47 bits per heavy atom. The minimum Gasteiger partial charge on any atom is -0.475 e. The number of allylic oxidation sites excluding steroid dienone is 2. The summed E-state index contributed by atoms with van der Waals surface area (Å²) in [5.74, 6) is 0.438. The molecule has 2 bridgehead atoms. The summed E-state index contributed by atoms with van der Waals surface area (Å²) in [7, 11) is 0. The van der Waals surface area contributed by atoms with Gasteiger partial charge < -0.3 is 9.63 Å². The lowest BCUT2D eigenvalue weighted by Gasteiger charge is -2.13. The summed E-state index contributed by atoms with van der Waals surface area (Å²) >= 11 is 0. The van der Waals surface area contributed by atoms with Gasteiger partial charge in [0.15, 0.2) is 0 Å². The minimum atomic E-state index is -1.05. The second-order valence-electron chi connectivity index (χ2n) is 4.31. The minimum absolute atomic E-state index is 0.0586. The molecule has 0 spiro atoms. The average molecular weight is 205 g/mol. The van der Waals surface area contributed by atoms with E-state index in [9.17, 15) is 4.79 Å². The van der Waals surface area contributed by atoms with E-state index in [-0.39, 0.29) is 5.76 Å². The quantitative estimate of drug-likeness (QED) is 0.750. The summed E-state index contributed by atoms with van der Waals surface area (Å²) in [6.07, 6.45) is 6.72. The molecule has 1 aromatic heterocycles. The van der Waals surface area contributed by atoms with Gasteiger partial charge in [0.2, 0.25) is 5.76 Å². The molecule has 1 fully saturated rings. The molecule has 0 radical (unpaired) electrons. The maximum absolute atomic E-state index is 10.6. The highest BCUT2D eigenvalue weighted by Gasteiger charge is 2.38. The molecule has 0 aliphatic heterocycles. The predicted molar refractivity (Wildman–Crippen MR) is 51.6 cm³/mol. The van der Waals surface area contributed by atoms with Gasteiger partial charge in [-0.15, -0.1) is 0 Å². The van der Waals surface area contributed by atoms with Crippen molar-refractivity contribution in [1.29, 1.82) is 0 Å². The zero-order valence-corrected chi connectivity index (χ0v) is 8.09. The maximum atomic E-state index is 10.6. The Morgan fingerprint density at radius 3 is 2.87 bits per heavy atom. The third-order valence-electron chi connectivity index (χ3n) is 3.40. The molecule has 3 rings (SSSR count). The molecule has 3 atom stereocenters. The standard InChI is InChI=1S/C11H11NO3/c13-11(14)10-5-9(12-15-10)8-4-6-1-2-7(8)3-6/h1-2,5-8H,3-4H2,(H,13,14). The van der Waals surface area contributed by atoms with Gasteiger partial charge in [-0.3, -0.25) is 0 Å². The van der Waals surface area contributed by atoms with E-state index >= 15 is 0 Å². The topological polar surface area (TPSA) is 63.3 Å². The van der Waals surface area contributed by atoms with Crippen LogP contribution in [0.1, 0.15) is 35.0 Å². The van der Waals surface area contributed by atoms with E-state index in [1.165, 1.54) is 6.42 Å². The van der Waals surface area contributed by atoms with E-state index in [4.69, 9.17) is 9.63 Å². The fraction of sp³-hybridized carbons (Fsp3) is 0.455. The van der Waals surface area contributed by atoms with Gasteiger partial charge in [-0.2, -0.15) is 0 Å². The molecule has 1 saturated carbocycles. The van der Waals surface area contributed by atoms with Crippen molar-refractivity contribution >= 4 is 5.97 Å². The largest absolute Gasteiger partial charge is 0.475 e. The highest BCUT2D eigenvalue weighted by molar-refractivity contribution is 5.84. The first-order valence-corrected chi connectivity index (χ1v) is 5.12. The normalized spacial score (nSPS) is 32.4. The summed E-state index contributed by atoms with van der Waals surface area (Å²) in [5, 5.41) is 12.6. The van der Waals surface area contributed by atoms with Gasteiger partial charge in [0.05, 0.1) is 5.69 Å². The molecule has 0 saturated heterocycles. The molecule has 2 aliphatic carbocycles. The van der Waals surface area contributed by atoms with Crippen LogP contribution in [0, 0.1) is 11.8 Å². The first-order valence-electron chi connectivity index (χ1n) is 5.12. The monoisotopic (exact) mass is 205 g/mol. The van der Waals surface area contributed by atoms with Crippen LogP contribution >= 0.6 is 0 Å². The van der Waals surface area contributed by atoms with Crippen LogP contribution in [-0.4, -0.2) is 16.2 Å². The second-order valence-corrected chi connectivity index (χ2v) is 4.31. The molecule has 1 aromatic rings. The zero-order valence-electron chi connectivity index (χ0n) is 8.09. The van der Waals surface area contributed by atoms with Gasteiger partial charge in [0.25, 0.3) is 0 Å². The van der Waals surface area contributed by atoms with Crippen LogP contribution in [0.2, 0.25) is 0 Å². The van der Waals surface area contributed by atoms with Gasteiger partial charge in [-0.25, -0.2) is 4.79 Å². The lowest BCUT2D eigenvalue weighted by molar-refractivity contribution is 0.0652. The predicted octanol–water partition coefficient (Wildman–Crippen LogP) is 2.05. The first-order chi connectivity index (χ1) is 7.24. The Bertz CT molecular complexity index is 435. The van der Waals surface area contributed by atoms with Crippen LogP contribution in [0.25, 0.3) is 0 Å². The smallest absolute Gasteiger partial charge is 0.374 e. The molecule has 4 nitrogen and oxygen atoms in total. The molecule has 3 unspecified atom stereocenters. The maximum Gasteiger partial charge on any atom is 0.374 e. The number of hydrogen-bond donors (Lipinski definition) is 1. The molecule has 2 aliphatic rings. The van der Waals surface area contributed by atoms with E-state index in [1.807, 2.05) is 0 Å². The molecule has 0 aromatic carbocycles. The summed E-state index contributed by atoms with van der Waals surface area (Å²) in [6, 6.07) is 1.56. The highest BCUT2D eigenvalue weighted by Crippen LogP contribution is 2.48. The number of carbonyl (C=O) groups is 1. The Kier molecular flexibility index (Phi) is 1.71. The number of aromatic carboxylic acids is 1. The third kappa shape index (κ3) is 1.28. The first kappa shape index (κ1) is 8.71. The lowest BCUT2D eigenvalue weighted by Crippen LogP contribution is -2.05. The Hall–Kier alpha value is -1.58. The van der Waals surface area contributed by atoms with E-state index < -0.39 is 5.97 Å². The number of aromatic nitrogens is 1. The molecular weight excluding hydrogens is 194 g/mol. The molecule has 78 valence electrons. The highest BCUT2D eigenvalue weighted by atomic mass is 16.5. The summed E-state index contributed by atoms with van der Waals surface area (Å²) < 4.78 is 4.77. The van der Waals surface area contributed by atoms with Crippen molar-refractivity contribution in [2.45, 2.75) is 18.8 Å². The van der Waals surface area contributed by atoms with E-state index in [2.05, 4.69) is 17.3 Å². The van der Waals surface area contributed by atoms with Crippen molar-refractivity contribution in [3.8, 4) is 0 Å². The van der Waals surface area contributed by atoms with Gasteiger partial charge in [-0.1, -0.05) is 17.3 Å². The van der Waals surface area contributed by atoms with Crippen molar-refractivity contribution in [3.05, 3.63) is 29.7 Å². The molecule has 4 heteroatoms. The van der Waals surface area contributed by atoms with Crippen molar-refractivity contribution in [2.24, 2.45) is 11.8 Å². The lowest BCUT2D eigenvalue weighted by atomic mass is 9.90. The van der Waals surface area contributed by atoms with Crippen molar-refractivity contribution in [1.82, 2.24) is 5.16 Å². The molecule has 1 N–H and O–H groups in total. The van der Waals surface area contributed by atoms with Crippen LogP contribution in [0.5, 0.6) is 0 Å². The summed E-state index contributed by atoms with van der Waals surface area (Å²) in [5.41, 5.74) is 0.796. The van der Waals surface area contributed by atoms with Crippen LogP contribution in [0.3, 0.4) is 0 Å². The van der Waals surface area contributed by atoms with E-state index in [0.717, 1.165) is 12.1 Å². The Balaban J connectivity index is 1.87. The van der Waals surface area contributed by atoms with Gasteiger partial charge in [0, 0.05) is 12.0 Å². The van der Waals surface area contributed by atoms with Gasteiger partial charge in [-0.05, 0) is 24.7 Å². The van der Waals surface area contributed by atoms with Crippen LogP contribution in [0.15, 0.2) is 22.7 Å². The molecule has 0 amide bonds. The van der Waals surface area contributed by atoms with E-state index in [0.29, 0.717) is 17.8 Å². The van der Waals surface area contributed by atoms with E-state index in [1.54, 1.807) is 6.07 Å². The number of hydrogen-bond acceptors (Lipinski definition) is 3. The van der Waals surface area contributed by atoms with Crippen LogP contribution in [-0.2, 0) is 0 Å². The summed E-state index contributed by atoms with van der Waals surface area (Å²) in [6.45, 7) is 0. The van der Waals surface area contributed by atoms with Crippen LogP contribution < -0.4 is 0 Å². The van der Waals surface area contributed by atoms with Crippen molar-refractivity contribution < 1.29 is 14.4 Å². The number of rotatable bonds is 2.